The van der Waals surface area contributed by atoms with E-state index in [1.54, 1.807) is 0 Å². The van der Waals surface area contributed by atoms with Crippen molar-refractivity contribution in [3.05, 3.63) is 0 Å². The molecule has 1 heterocycles. The van der Waals surface area contributed by atoms with Gasteiger partial charge in [0, 0.05) is 31.2 Å². The molecule has 0 spiro atoms. The lowest BCUT2D eigenvalue weighted by Crippen LogP contribution is -2.57. The second kappa shape index (κ2) is 4.59. The summed E-state index contributed by atoms with van der Waals surface area (Å²) in [5, 5.41) is 12.1. The average Bonchev–Trinajstić information content (AvgIpc) is 2.08. The minimum Gasteiger partial charge on any atom is -0.311 e. The van der Waals surface area contributed by atoms with E-state index in [1.165, 1.54) is 0 Å². The Morgan fingerprint density at radius 3 is 2.85 bits per heavy atom. The highest BCUT2D eigenvalue weighted by Crippen LogP contribution is 2.13. The van der Waals surface area contributed by atoms with E-state index in [9.17, 15) is 0 Å². The van der Waals surface area contributed by atoms with Crippen LogP contribution in [0.3, 0.4) is 0 Å². The number of nitriles is 1. The maximum atomic E-state index is 8.68. The first kappa shape index (κ1) is 10.5. The molecule has 0 aromatic heterocycles. The van der Waals surface area contributed by atoms with Crippen molar-refractivity contribution in [3.63, 3.8) is 0 Å². The molecule has 1 saturated heterocycles. The molecule has 13 heavy (non-hydrogen) atoms. The summed E-state index contributed by atoms with van der Waals surface area (Å²) in [5.41, 5.74) is 0. The number of hydrogen-bond acceptors (Lipinski definition) is 3. The van der Waals surface area contributed by atoms with Gasteiger partial charge in [-0.2, -0.15) is 5.26 Å². The predicted octanol–water partition coefficient (Wildman–Crippen LogP) is 0.971. The van der Waals surface area contributed by atoms with Gasteiger partial charge in [-0.1, -0.05) is 0 Å². The Balaban J connectivity index is 2.56. The highest BCUT2D eigenvalue weighted by molar-refractivity contribution is 4.91. The van der Waals surface area contributed by atoms with E-state index in [0.717, 1.165) is 13.1 Å². The van der Waals surface area contributed by atoms with Crippen molar-refractivity contribution in [2.24, 2.45) is 0 Å². The van der Waals surface area contributed by atoms with Gasteiger partial charge in [-0.15, -0.1) is 0 Å². The molecule has 2 unspecified atom stereocenters. The van der Waals surface area contributed by atoms with Crippen LogP contribution in [-0.2, 0) is 0 Å². The third kappa shape index (κ3) is 2.68. The number of nitrogens with one attached hydrogen (secondary N) is 1. The van der Waals surface area contributed by atoms with Gasteiger partial charge in [0.2, 0.25) is 0 Å². The average molecular weight is 181 g/mol. The zero-order valence-corrected chi connectivity index (χ0v) is 8.75. The molecule has 0 bridgehead atoms. The van der Waals surface area contributed by atoms with E-state index in [1.807, 2.05) is 0 Å². The molecule has 2 atom stereocenters. The minimum atomic E-state index is 0.404. The van der Waals surface area contributed by atoms with E-state index >= 15 is 0 Å². The van der Waals surface area contributed by atoms with Gasteiger partial charge in [-0.05, 0) is 20.8 Å². The van der Waals surface area contributed by atoms with Gasteiger partial charge in [0.15, 0.2) is 0 Å². The lowest BCUT2D eigenvalue weighted by molar-refractivity contribution is 0.104. The highest BCUT2D eigenvalue weighted by atomic mass is 15.2. The van der Waals surface area contributed by atoms with Gasteiger partial charge in [0.25, 0.3) is 0 Å². The summed E-state index contributed by atoms with van der Waals surface area (Å²) in [6.07, 6.45) is 0.637. The summed E-state index contributed by atoms with van der Waals surface area (Å²) in [6, 6.07) is 3.76. The van der Waals surface area contributed by atoms with Crippen molar-refractivity contribution >= 4 is 0 Å². The van der Waals surface area contributed by atoms with E-state index in [4.69, 9.17) is 5.26 Å². The topological polar surface area (TPSA) is 39.1 Å². The van der Waals surface area contributed by atoms with Crippen LogP contribution in [0.4, 0.5) is 0 Å². The van der Waals surface area contributed by atoms with Crippen LogP contribution in [0.1, 0.15) is 27.2 Å². The molecule has 0 aromatic rings. The molecular formula is C10H19N3. The summed E-state index contributed by atoms with van der Waals surface area (Å²) in [7, 11) is 0. The van der Waals surface area contributed by atoms with Crippen LogP contribution in [0.25, 0.3) is 0 Å². The minimum absolute atomic E-state index is 0.404. The van der Waals surface area contributed by atoms with Gasteiger partial charge in [-0.3, -0.25) is 4.90 Å². The van der Waals surface area contributed by atoms with Crippen LogP contribution < -0.4 is 5.32 Å². The quantitative estimate of drug-likeness (QED) is 0.690. The Kier molecular flexibility index (Phi) is 3.71. The maximum Gasteiger partial charge on any atom is 0.0638 e. The largest absolute Gasteiger partial charge is 0.311 e. The molecule has 0 saturated carbocycles. The zero-order valence-electron chi connectivity index (χ0n) is 8.75. The molecular weight excluding hydrogens is 162 g/mol. The Morgan fingerprint density at radius 2 is 2.31 bits per heavy atom. The van der Waals surface area contributed by atoms with Gasteiger partial charge in [-0.25, -0.2) is 0 Å². The number of piperazine rings is 1. The third-order valence-corrected chi connectivity index (χ3v) is 2.65. The van der Waals surface area contributed by atoms with Gasteiger partial charge < -0.3 is 5.32 Å². The van der Waals surface area contributed by atoms with E-state index in [-0.39, 0.29) is 0 Å². The van der Waals surface area contributed by atoms with E-state index < -0.39 is 0 Å². The van der Waals surface area contributed by atoms with Crippen molar-refractivity contribution in [1.82, 2.24) is 10.2 Å². The molecule has 1 aliphatic rings. The number of nitrogens with zero attached hydrogens (tertiary/aromatic N) is 2. The third-order valence-electron chi connectivity index (χ3n) is 2.65. The SMILES string of the molecule is CC1CN(C(C)C)C(CC#N)CN1. The Hall–Kier alpha value is -0.590. The van der Waals surface area contributed by atoms with Crippen molar-refractivity contribution < 1.29 is 0 Å². The first-order valence-corrected chi connectivity index (χ1v) is 5.01. The van der Waals surface area contributed by atoms with Gasteiger partial charge >= 0.3 is 0 Å². The molecule has 1 rings (SSSR count). The lowest BCUT2D eigenvalue weighted by atomic mass is 10.1. The van der Waals surface area contributed by atoms with Gasteiger partial charge in [0.05, 0.1) is 12.5 Å². The fourth-order valence-electron chi connectivity index (χ4n) is 1.91. The van der Waals surface area contributed by atoms with Crippen molar-refractivity contribution in [2.75, 3.05) is 13.1 Å². The summed E-state index contributed by atoms with van der Waals surface area (Å²) >= 11 is 0. The lowest BCUT2D eigenvalue weighted by Gasteiger charge is -2.40. The van der Waals surface area contributed by atoms with E-state index in [2.05, 4.69) is 37.1 Å². The molecule has 0 radical (unpaired) electrons. The molecule has 1 aliphatic heterocycles. The smallest absolute Gasteiger partial charge is 0.0638 e. The fourth-order valence-corrected chi connectivity index (χ4v) is 1.91. The zero-order chi connectivity index (χ0) is 9.84. The van der Waals surface area contributed by atoms with Crippen molar-refractivity contribution in [1.29, 1.82) is 5.26 Å². The van der Waals surface area contributed by atoms with Crippen LogP contribution in [0.5, 0.6) is 0 Å². The van der Waals surface area contributed by atoms with Crippen LogP contribution in [-0.4, -0.2) is 36.1 Å². The standard InChI is InChI=1S/C10H19N3/c1-8(2)13-7-9(3)12-6-10(13)4-5-11/h8-10,12H,4,6-7H2,1-3H3. The summed E-state index contributed by atoms with van der Waals surface area (Å²) in [6.45, 7) is 8.60. The van der Waals surface area contributed by atoms with Crippen molar-refractivity contribution in [2.45, 2.75) is 45.3 Å². The Morgan fingerprint density at radius 1 is 1.62 bits per heavy atom. The first-order valence-electron chi connectivity index (χ1n) is 5.01. The second-order valence-corrected chi connectivity index (χ2v) is 4.12. The summed E-state index contributed by atoms with van der Waals surface area (Å²) in [5.74, 6) is 0. The predicted molar refractivity (Wildman–Crippen MR) is 53.3 cm³/mol. The van der Waals surface area contributed by atoms with Crippen molar-refractivity contribution in [3.8, 4) is 6.07 Å². The van der Waals surface area contributed by atoms with Crippen LogP contribution in [0.2, 0.25) is 0 Å². The number of hydrogen-bond donors (Lipinski definition) is 1. The summed E-state index contributed by atoms with van der Waals surface area (Å²) < 4.78 is 0. The normalized spacial score (nSPS) is 30.4. The Bertz CT molecular complexity index is 195. The van der Waals surface area contributed by atoms with Gasteiger partial charge in [0.1, 0.15) is 0 Å². The first-order chi connectivity index (χ1) is 6.15. The molecule has 1 N–H and O–H groups in total. The molecule has 0 aliphatic carbocycles. The molecule has 3 heteroatoms. The monoisotopic (exact) mass is 181 g/mol. The van der Waals surface area contributed by atoms with Crippen LogP contribution >= 0.6 is 0 Å². The van der Waals surface area contributed by atoms with Crippen LogP contribution in [0.15, 0.2) is 0 Å². The number of rotatable bonds is 2. The molecule has 0 aromatic carbocycles. The maximum absolute atomic E-state index is 8.68. The second-order valence-electron chi connectivity index (χ2n) is 4.12. The van der Waals surface area contributed by atoms with Crippen LogP contribution in [0, 0.1) is 11.3 Å². The molecule has 0 amide bonds. The molecule has 74 valence electrons. The Labute approximate surface area is 80.7 Å². The molecule has 3 nitrogen and oxygen atoms in total. The highest BCUT2D eigenvalue weighted by Gasteiger charge is 2.26. The van der Waals surface area contributed by atoms with E-state index in [0.29, 0.717) is 24.5 Å². The summed E-state index contributed by atoms with van der Waals surface area (Å²) in [4.78, 5) is 2.42. The fraction of sp³-hybridized carbons (Fsp3) is 0.900. The molecule has 1 fully saturated rings.